The van der Waals surface area contributed by atoms with Crippen molar-refractivity contribution in [3.8, 4) is 0 Å². The monoisotopic (exact) mass is 191 g/mol. The largest absolute Gasteiger partial charge is 0.505 e. The maximum atomic E-state index is 9.87. The van der Waals surface area contributed by atoms with Crippen LogP contribution in [0.25, 0.3) is 0 Å². The van der Waals surface area contributed by atoms with Gasteiger partial charge in [-0.2, -0.15) is 4.89 Å². The average Bonchev–Trinajstić information content (AvgIpc) is 1.61. The molecule has 1 unspecified atom stereocenters. The summed E-state index contributed by atoms with van der Waals surface area (Å²) >= 11 is 4.84. The number of rotatable bonds is 3. The van der Waals surface area contributed by atoms with E-state index in [1.165, 1.54) is 0 Å². The van der Waals surface area contributed by atoms with Crippen LogP contribution in [-0.2, 0) is 9.36 Å². The maximum absolute atomic E-state index is 9.87. The predicted octanol–water partition coefficient (Wildman–Crippen LogP) is 1.30. The lowest BCUT2D eigenvalue weighted by atomic mass is 10.6. The summed E-state index contributed by atoms with van der Waals surface area (Å²) in [6.07, 6.45) is -0.0507. The lowest BCUT2D eigenvalue weighted by Crippen LogP contribution is -1.86. The van der Waals surface area contributed by atoms with E-state index in [0.717, 1.165) is 0 Å². The third kappa shape index (κ3) is 11.7. The Morgan fingerprint density at radius 2 is 2.11 bits per heavy atom. The van der Waals surface area contributed by atoms with Crippen LogP contribution in [0.4, 0.5) is 0 Å². The van der Waals surface area contributed by atoms with Gasteiger partial charge in [-0.25, -0.2) is 0 Å². The Labute approximate surface area is 64.7 Å². The highest BCUT2D eigenvalue weighted by Gasteiger charge is 2.11. The average molecular weight is 192 g/mol. The summed E-state index contributed by atoms with van der Waals surface area (Å²) in [5.41, 5.74) is 0. The molecule has 0 aromatic heterocycles. The zero-order chi connectivity index (χ0) is 6.57. The van der Waals surface area contributed by atoms with E-state index in [-0.39, 0.29) is 25.0 Å². The van der Waals surface area contributed by atoms with E-state index in [1.807, 2.05) is 0 Å². The Morgan fingerprint density at radius 3 is 2.22 bits per heavy atom. The maximum Gasteiger partial charge on any atom is 0.505 e. The van der Waals surface area contributed by atoms with E-state index < -0.39 is 13.3 Å². The fraction of sp³-hybridized carbons (Fsp3) is 0.667. The molecule has 0 bridgehead atoms. The highest BCUT2D eigenvalue weighted by molar-refractivity contribution is 7.38. The molecule has 0 aliphatic rings. The quantitative estimate of drug-likeness (QED) is 0.541. The van der Waals surface area contributed by atoms with Crippen LogP contribution in [0.1, 0.15) is 6.42 Å². The first-order valence-electron chi connectivity index (χ1n) is 1.95. The topological polar surface area (TPSA) is 54.4 Å². The van der Waals surface area contributed by atoms with Gasteiger partial charge in [-0.1, -0.05) is 0 Å². The lowest BCUT2D eigenvalue weighted by molar-refractivity contribution is -0.111. The number of hydrogen-bond donors (Lipinski definition) is 1. The van der Waals surface area contributed by atoms with Gasteiger partial charge in [0.25, 0.3) is 0 Å². The Kier molecular flexibility index (Phi) is 8.60. The Bertz CT molecular complexity index is 102. The van der Waals surface area contributed by atoms with E-state index in [9.17, 15) is 9.36 Å². The molecule has 0 saturated heterocycles. The van der Waals surface area contributed by atoms with E-state index in [4.69, 9.17) is 16.5 Å². The van der Waals surface area contributed by atoms with Crippen molar-refractivity contribution < 1.29 is 14.3 Å². The second-order valence-corrected chi connectivity index (χ2v) is 2.75. The molecule has 0 radical (unpaired) electrons. The van der Waals surface area contributed by atoms with Gasteiger partial charge in [-0.05, 0) is 16.2 Å². The zero-order valence-electron chi connectivity index (χ0n) is 4.41. The minimum Gasteiger partial charge on any atom is -0.281 e. The molecule has 0 saturated carbocycles. The second kappa shape index (κ2) is 6.43. The molecule has 0 aliphatic carbocycles. The van der Waals surface area contributed by atoms with Crippen molar-refractivity contribution in [3.05, 3.63) is 0 Å². The first-order valence-corrected chi connectivity index (χ1v) is 3.72. The van der Waals surface area contributed by atoms with E-state index in [0.29, 0.717) is 0 Å². The first kappa shape index (κ1) is 12.0. The SMILES string of the molecule is Cl.O=C(Cl)CC[P+](=O)O. The van der Waals surface area contributed by atoms with Crippen molar-refractivity contribution in [2.75, 3.05) is 6.16 Å². The highest BCUT2D eigenvalue weighted by Crippen LogP contribution is 2.13. The van der Waals surface area contributed by atoms with E-state index in [1.54, 1.807) is 0 Å². The van der Waals surface area contributed by atoms with Gasteiger partial charge >= 0.3 is 8.03 Å². The molecule has 1 N–H and O–H groups in total. The van der Waals surface area contributed by atoms with Crippen LogP contribution in [0.5, 0.6) is 0 Å². The summed E-state index contributed by atoms with van der Waals surface area (Å²) in [7, 11) is -2.19. The molecular weight excluding hydrogens is 186 g/mol. The summed E-state index contributed by atoms with van der Waals surface area (Å²) < 4.78 is 9.84. The fourth-order valence-electron chi connectivity index (χ4n) is 0.184. The zero-order valence-corrected chi connectivity index (χ0v) is 6.88. The number of halogens is 2. The van der Waals surface area contributed by atoms with Crippen LogP contribution in [0.3, 0.4) is 0 Å². The molecule has 0 aromatic rings. The van der Waals surface area contributed by atoms with Crippen molar-refractivity contribution in [2.24, 2.45) is 0 Å². The third-order valence-electron chi connectivity index (χ3n) is 0.500. The Morgan fingerprint density at radius 1 is 1.67 bits per heavy atom. The van der Waals surface area contributed by atoms with Gasteiger partial charge in [-0.3, -0.25) is 4.79 Å². The molecule has 0 fully saturated rings. The van der Waals surface area contributed by atoms with Gasteiger partial charge < -0.3 is 0 Å². The van der Waals surface area contributed by atoms with Gasteiger partial charge in [0, 0.05) is 0 Å². The van der Waals surface area contributed by atoms with Crippen LogP contribution >= 0.6 is 32.0 Å². The summed E-state index contributed by atoms with van der Waals surface area (Å²) in [4.78, 5) is 18.0. The van der Waals surface area contributed by atoms with Crippen molar-refractivity contribution in [2.45, 2.75) is 6.42 Å². The van der Waals surface area contributed by atoms with Crippen molar-refractivity contribution in [1.29, 1.82) is 0 Å². The lowest BCUT2D eigenvalue weighted by Gasteiger charge is -1.74. The van der Waals surface area contributed by atoms with Crippen molar-refractivity contribution >= 4 is 37.3 Å². The Hall–Kier alpha value is 0.310. The van der Waals surface area contributed by atoms with Gasteiger partial charge in [0.15, 0.2) is 6.16 Å². The molecule has 9 heavy (non-hydrogen) atoms. The van der Waals surface area contributed by atoms with Crippen LogP contribution in [-0.4, -0.2) is 16.3 Å². The van der Waals surface area contributed by atoms with Crippen molar-refractivity contribution in [1.82, 2.24) is 0 Å². The summed E-state index contributed by atoms with van der Waals surface area (Å²) in [5, 5.41) is -0.567. The summed E-state index contributed by atoms with van der Waals surface area (Å²) in [5.74, 6) is 0. The van der Waals surface area contributed by atoms with Crippen LogP contribution in [0, 0.1) is 0 Å². The molecule has 0 spiro atoms. The van der Waals surface area contributed by atoms with Gasteiger partial charge in [0.1, 0.15) is 0 Å². The molecule has 0 heterocycles. The molecule has 54 valence electrons. The second-order valence-electron chi connectivity index (χ2n) is 1.18. The van der Waals surface area contributed by atoms with Crippen LogP contribution in [0.2, 0.25) is 0 Å². The van der Waals surface area contributed by atoms with Gasteiger partial charge in [-0.15, -0.1) is 12.4 Å². The summed E-state index contributed by atoms with van der Waals surface area (Å²) in [6, 6.07) is 0. The molecule has 0 amide bonds. The molecule has 1 atom stereocenters. The predicted molar refractivity (Wildman–Crippen MR) is 37.4 cm³/mol. The minimum atomic E-state index is -2.19. The Balaban J connectivity index is 0. The fourth-order valence-corrected chi connectivity index (χ4v) is 0.804. The number of carbonyl (C=O) groups is 1. The highest BCUT2D eigenvalue weighted by atomic mass is 35.5. The van der Waals surface area contributed by atoms with Crippen LogP contribution < -0.4 is 0 Å². The molecule has 0 aliphatic heterocycles. The minimum absolute atomic E-state index is 0. The van der Waals surface area contributed by atoms with Crippen LogP contribution in [0.15, 0.2) is 0 Å². The first-order chi connectivity index (χ1) is 3.63. The van der Waals surface area contributed by atoms with E-state index >= 15 is 0 Å². The molecule has 6 heteroatoms. The molecule has 3 nitrogen and oxygen atoms in total. The normalized spacial score (nSPS) is 9.78. The molecule has 0 rings (SSSR count). The molecule has 0 aromatic carbocycles. The van der Waals surface area contributed by atoms with E-state index in [2.05, 4.69) is 0 Å². The summed E-state index contributed by atoms with van der Waals surface area (Å²) in [6.45, 7) is 0. The number of hydrogen-bond acceptors (Lipinski definition) is 2. The number of carbonyl (C=O) groups excluding carboxylic acids is 1. The van der Waals surface area contributed by atoms with Crippen molar-refractivity contribution in [3.63, 3.8) is 0 Å². The van der Waals surface area contributed by atoms with Gasteiger partial charge in [0.05, 0.1) is 6.42 Å². The smallest absolute Gasteiger partial charge is 0.281 e. The van der Waals surface area contributed by atoms with Gasteiger partial charge in [0.2, 0.25) is 5.24 Å². The molecular formula is C3H6Cl2O3P+. The third-order valence-corrected chi connectivity index (χ3v) is 1.29. The standard InChI is InChI=1S/C3H4ClO3P.ClH/c4-3(5)1-2-8(6)7;/h1-2H2;1H/p+1.